The van der Waals surface area contributed by atoms with Gasteiger partial charge < -0.3 is 20.2 Å². The third-order valence-electron chi connectivity index (χ3n) is 3.62. The van der Waals surface area contributed by atoms with Gasteiger partial charge in [-0.2, -0.15) is 0 Å². The highest BCUT2D eigenvalue weighted by atomic mass is 32.1. The van der Waals surface area contributed by atoms with Gasteiger partial charge in [-0.25, -0.2) is 9.78 Å². The first kappa shape index (κ1) is 16.5. The maximum absolute atomic E-state index is 12.1. The van der Waals surface area contributed by atoms with Crippen LogP contribution in [-0.2, 0) is 5.60 Å². The van der Waals surface area contributed by atoms with E-state index in [4.69, 9.17) is 4.42 Å². The fourth-order valence-corrected chi connectivity index (χ4v) is 3.22. The topological polar surface area (TPSA) is 87.4 Å². The van der Waals surface area contributed by atoms with Crippen LogP contribution >= 0.6 is 11.3 Å². The molecule has 3 N–H and O–H groups in total. The van der Waals surface area contributed by atoms with Gasteiger partial charge in [-0.1, -0.05) is 0 Å². The molecule has 0 radical (unpaired) electrons. The molecular formula is C17H19N3O3S. The highest BCUT2D eigenvalue weighted by molar-refractivity contribution is 7.18. The molecule has 126 valence electrons. The molecule has 24 heavy (non-hydrogen) atoms. The fourth-order valence-electron chi connectivity index (χ4n) is 2.36. The summed E-state index contributed by atoms with van der Waals surface area (Å²) in [5.41, 5.74) is 0.321. The molecule has 0 saturated heterocycles. The largest absolute Gasteiger partial charge is 0.463 e. The lowest BCUT2D eigenvalue weighted by molar-refractivity contribution is 0.0364. The number of urea groups is 1. The van der Waals surface area contributed by atoms with E-state index < -0.39 is 5.60 Å². The van der Waals surface area contributed by atoms with Gasteiger partial charge in [-0.3, -0.25) is 0 Å². The highest BCUT2D eigenvalue weighted by Gasteiger charge is 2.27. The number of hydrogen-bond donors (Lipinski definition) is 3. The molecule has 0 spiro atoms. The number of hydrogen-bond acceptors (Lipinski definition) is 5. The van der Waals surface area contributed by atoms with E-state index in [2.05, 4.69) is 15.6 Å². The van der Waals surface area contributed by atoms with Crippen molar-refractivity contribution in [2.75, 3.05) is 11.9 Å². The Bertz CT molecular complexity index is 882. The molecule has 0 aliphatic carbocycles. The minimum Gasteiger partial charge on any atom is -0.463 e. The molecule has 6 nitrogen and oxygen atoms in total. The van der Waals surface area contributed by atoms with E-state index in [0.717, 1.165) is 15.2 Å². The first-order valence-electron chi connectivity index (χ1n) is 7.55. The van der Waals surface area contributed by atoms with Crippen LogP contribution in [0.4, 0.5) is 10.5 Å². The maximum Gasteiger partial charge on any atom is 0.319 e. The molecule has 1 aromatic carbocycles. The van der Waals surface area contributed by atoms with Gasteiger partial charge in [0.05, 0.1) is 21.8 Å². The molecule has 7 heteroatoms. The lowest BCUT2D eigenvalue weighted by Crippen LogP contribution is -2.40. The molecule has 1 unspecified atom stereocenters. The van der Waals surface area contributed by atoms with Crippen molar-refractivity contribution in [1.29, 1.82) is 0 Å². The molecule has 1 atom stereocenters. The predicted octanol–water partition coefficient (Wildman–Crippen LogP) is 3.54. The summed E-state index contributed by atoms with van der Waals surface area (Å²) in [6.07, 6.45) is 0. The Morgan fingerprint density at radius 2 is 2.12 bits per heavy atom. The Kier molecular flexibility index (Phi) is 4.29. The van der Waals surface area contributed by atoms with Crippen molar-refractivity contribution in [2.24, 2.45) is 0 Å². The molecule has 0 aliphatic heterocycles. The van der Waals surface area contributed by atoms with Crippen LogP contribution in [0.1, 0.15) is 23.5 Å². The molecule has 2 aromatic heterocycles. The zero-order valence-corrected chi connectivity index (χ0v) is 14.5. The SMILES string of the molecule is Cc1ccc(C(C)(O)CNC(=O)Nc2ccc3nc(C)sc3c2)o1. The Labute approximate surface area is 143 Å². The number of benzene rings is 1. The summed E-state index contributed by atoms with van der Waals surface area (Å²) >= 11 is 1.58. The van der Waals surface area contributed by atoms with E-state index in [-0.39, 0.29) is 12.6 Å². The summed E-state index contributed by atoms with van der Waals surface area (Å²) in [5, 5.41) is 16.8. The number of thiazole rings is 1. The lowest BCUT2D eigenvalue weighted by atomic mass is 10.0. The summed E-state index contributed by atoms with van der Waals surface area (Å²) in [6, 6.07) is 8.64. The van der Waals surface area contributed by atoms with Gasteiger partial charge in [0.15, 0.2) is 0 Å². The van der Waals surface area contributed by atoms with Gasteiger partial charge in [-0.05, 0) is 51.1 Å². The minimum absolute atomic E-state index is 0.0354. The summed E-state index contributed by atoms with van der Waals surface area (Å²) < 4.78 is 6.44. The number of aliphatic hydroxyl groups is 1. The first-order chi connectivity index (χ1) is 11.3. The molecular weight excluding hydrogens is 326 g/mol. The minimum atomic E-state index is -1.27. The van der Waals surface area contributed by atoms with Crippen molar-refractivity contribution in [2.45, 2.75) is 26.4 Å². The Morgan fingerprint density at radius 1 is 1.33 bits per heavy atom. The Morgan fingerprint density at radius 3 is 2.83 bits per heavy atom. The van der Waals surface area contributed by atoms with E-state index in [0.29, 0.717) is 17.2 Å². The van der Waals surface area contributed by atoms with Crippen molar-refractivity contribution >= 4 is 33.3 Å². The van der Waals surface area contributed by atoms with Crippen LogP contribution in [0.5, 0.6) is 0 Å². The van der Waals surface area contributed by atoms with Gasteiger partial charge >= 0.3 is 6.03 Å². The monoisotopic (exact) mass is 345 g/mol. The molecule has 2 amide bonds. The Hall–Kier alpha value is -2.38. The lowest BCUT2D eigenvalue weighted by Gasteiger charge is -2.21. The Balaban J connectivity index is 1.62. The molecule has 3 aromatic rings. The number of carbonyl (C=O) groups is 1. The maximum atomic E-state index is 12.1. The number of nitrogens with one attached hydrogen (secondary N) is 2. The number of fused-ring (bicyclic) bond motifs is 1. The van der Waals surface area contributed by atoms with E-state index in [1.54, 1.807) is 43.4 Å². The fraction of sp³-hybridized carbons (Fsp3) is 0.294. The number of rotatable bonds is 4. The molecule has 0 saturated carbocycles. The predicted molar refractivity (Wildman–Crippen MR) is 94.4 cm³/mol. The number of nitrogens with zero attached hydrogens (tertiary/aromatic N) is 1. The van der Waals surface area contributed by atoms with Crippen molar-refractivity contribution in [1.82, 2.24) is 10.3 Å². The number of amides is 2. The van der Waals surface area contributed by atoms with Gasteiger partial charge in [0.2, 0.25) is 0 Å². The van der Waals surface area contributed by atoms with Crippen molar-refractivity contribution in [3.05, 3.63) is 46.9 Å². The van der Waals surface area contributed by atoms with Gasteiger partial charge in [0.1, 0.15) is 17.1 Å². The van der Waals surface area contributed by atoms with Crippen LogP contribution in [0.2, 0.25) is 0 Å². The van der Waals surface area contributed by atoms with E-state index >= 15 is 0 Å². The highest BCUT2D eigenvalue weighted by Crippen LogP contribution is 2.25. The zero-order valence-electron chi connectivity index (χ0n) is 13.7. The first-order valence-corrected chi connectivity index (χ1v) is 8.36. The third-order valence-corrected chi connectivity index (χ3v) is 4.55. The van der Waals surface area contributed by atoms with Gasteiger partial charge in [0.25, 0.3) is 0 Å². The second-order valence-corrected chi connectivity index (χ2v) is 7.14. The van der Waals surface area contributed by atoms with Crippen LogP contribution in [0.15, 0.2) is 34.7 Å². The van der Waals surface area contributed by atoms with Crippen LogP contribution < -0.4 is 10.6 Å². The summed E-state index contributed by atoms with van der Waals surface area (Å²) in [4.78, 5) is 16.4. The standard InChI is InChI=1S/C17H19N3O3S/c1-10-4-7-15(23-10)17(3,22)9-18-16(21)20-12-5-6-13-14(8-12)24-11(2)19-13/h4-8,22H,9H2,1-3H3,(H2,18,20,21). The average molecular weight is 345 g/mol. The molecule has 3 rings (SSSR count). The normalized spacial score (nSPS) is 13.7. The van der Waals surface area contributed by atoms with Gasteiger partial charge in [-0.15, -0.1) is 11.3 Å². The summed E-state index contributed by atoms with van der Waals surface area (Å²) in [5.74, 6) is 1.13. The van der Waals surface area contributed by atoms with Crippen molar-refractivity contribution in [3.63, 3.8) is 0 Å². The zero-order chi connectivity index (χ0) is 17.3. The number of anilines is 1. The van der Waals surface area contributed by atoms with Crippen LogP contribution in [0.25, 0.3) is 10.2 Å². The summed E-state index contributed by atoms with van der Waals surface area (Å²) in [6.45, 7) is 5.38. The van der Waals surface area contributed by atoms with E-state index in [1.807, 2.05) is 19.1 Å². The molecule has 0 bridgehead atoms. The number of aromatic nitrogens is 1. The van der Waals surface area contributed by atoms with Gasteiger partial charge in [0, 0.05) is 5.69 Å². The van der Waals surface area contributed by atoms with E-state index in [9.17, 15) is 9.90 Å². The number of furan rings is 1. The molecule has 0 aliphatic rings. The number of carbonyl (C=O) groups excluding carboxylic acids is 1. The second-order valence-electron chi connectivity index (χ2n) is 5.91. The van der Waals surface area contributed by atoms with Crippen LogP contribution in [-0.4, -0.2) is 22.7 Å². The van der Waals surface area contributed by atoms with E-state index in [1.165, 1.54) is 0 Å². The molecule has 2 heterocycles. The smallest absolute Gasteiger partial charge is 0.319 e. The quantitative estimate of drug-likeness (QED) is 0.675. The van der Waals surface area contributed by atoms with Crippen molar-refractivity contribution in [3.8, 4) is 0 Å². The van der Waals surface area contributed by atoms with Crippen LogP contribution in [0, 0.1) is 13.8 Å². The number of aryl methyl sites for hydroxylation is 2. The summed E-state index contributed by atoms with van der Waals surface area (Å²) in [7, 11) is 0. The third kappa shape index (κ3) is 3.58. The molecule has 0 fully saturated rings. The average Bonchev–Trinajstić information content (AvgIpc) is 3.10. The van der Waals surface area contributed by atoms with Crippen LogP contribution in [0.3, 0.4) is 0 Å². The second kappa shape index (κ2) is 6.26. The van der Waals surface area contributed by atoms with Crippen molar-refractivity contribution < 1.29 is 14.3 Å².